The van der Waals surface area contributed by atoms with E-state index in [0.29, 0.717) is 22.5 Å². The number of amides is 2. The monoisotopic (exact) mass is 427 g/mol. The number of pyridine rings is 1. The molecule has 1 aromatic heterocycles. The molecule has 2 N–H and O–H groups in total. The third kappa shape index (κ3) is 4.35. The van der Waals surface area contributed by atoms with Crippen LogP contribution in [-0.2, 0) is 19.7 Å². The van der Waals surface area contributed by atoms with Crippen LogP contribution in [0, 0.1) is 5.82 Å². The fourth-order valence-electron chi connectivity index (χ4n) is 3.83. The van der Waals surface area contributed by atoms with E-state index in [0.717, 1.165) is 12.8 Å². The second-order valence-corrected chi connectivity index (χ2v) is 8.00. The van der Waals surface area contributed by atoms with Crippen molar-refractivity contribution in [3.63, 3.8) is 0 Å². The minimum absolute atomic E-state index is 0.0390. The van der Waals surface area contributed by atoms with Crippen molar-refractivity contribution in [2.45, 2.75) is 37.7 Å². The van der Waals surface area contributed by atoms with E-state index in [9.17, 15) is 18.8 Å². The van der Waals surface area contributed by atoms with E-state index in [1.54, 1.807) is 30.5 Å². The van der Waals surface area contributed by atoms with Gasteiger partial charge in [-0.2, -0.15) is 0 Å². The molecule has 2 amide bonds. The summed E-state index contributed by atoms with van der Waals surface area (Å²) in [6.07, 6.45) is 2.05. The highest BCUT2D eigenvalue weighted by atomic mass is 19.1. The van der Waals surface area contributed by atoms with E-state index < -0.39 is 29.4 Å². The number of ether oxygens (including phenoxy) is 1. The first-order chi connectivity index (χ1) is 14.8. The van der Waals surface area contributed by atoms with Crippen molar-refractivity contribution in [1.29, 1.82) is 0 Å². The van der Waals surface area contributed by atoms with Gasteiger partial charge in [-0.3, -0.25) is 19.5 Å². The maximum Gasteiger partial charge on any atom is 0.414 e. The van der Waals surface area contributed by atoms with E-state index >= 15 is 0 Å². The Balaban J connectivity index is 1.49. The quantitative estimate of drug-likeness (QED) is 0.703. The zero-order valence-corrected chi connectivity index (χ0v) is 16.9. The van der Waals surface area contributed by atoms with Gasteiger partial charge in [0, 0.05) is 35.4 Å². The molecule has 1 aliphatic heterocycles. The van der Waals surface area contributed by atoms with Crippen LogP contribution in [0.2, 0.25) is 0 Å². The Morgan fingerprint density at radius 1 is 1.32 bits per heavy atom. The van der Waals surface area contributed by atoms with Crippen LogP contribution in [0.3, 0.4) is 0 Å². The molecule has 31 heavy (non-hydrogen) atoms. The fourth-order valence-corrected chi connectivity index (χ4v) is 3.83. The van der Waals surface area contributed by atoms with Gasteiger partial charge in [0.05, 0.1) is 25.2 Å². The number of aliphatic carboxylic acids is 1. The van der Waals surface area contributed by atoms with Crippen molar-refractivity contribution in [2.24, 2.45) is 0 Å². The summed E-state index contributed by atoms with van der Waals surface area (Å²) < 4.78 is 20.1. The number of carbonyl (C=O) groups is 3. The van der Waals surface area contributed by atoms with Crippen LogP contribution in [0.1, 0.15) is 31.9 Å². The van der Waals surface area contributed by atoms with Crippen LogP contribution < -0.4 is 10.2 Å². The molecule has 1 aliphatic carbocycles. The van der Waals surface area contributed by atoms with Crippen molar-refractivity contribution in [3.05, 3.63) is 48.0 Å². The van der Waals surface area contributed by atoms with E-state index in [2.05, 4.69) is 10.3 Å². The highest BCUT2D eigenvalue weighted by Gasteiger charge is 2.47. The largest absolute Gasteiger partial charge is 0.481 e. The van der Waals surface area contributed by atoms with E-state index in [1.807, 2.05) is 0 Å². The van der Waals surface area contributed by atoms with Crippen LogP contribution in [0.15, 0.2) is 36.5 Å². The van der Waals surface area contributed by atoms with Gasteiger partial charge in [-0.05, 0) is 37.1 Å². The molecule has 0 spiro atoms. The van der Waals surface area contributed by atoms with Crippen molar-refractivity contribution < 1.29 is 28.6 Å². The number of nitrogens with one attached hydrogen (secondary N) is 1. The highest BCUT2D eigenvalue weighted by Crippen LogP contribution is 2.50. The first-order valence-electron chi connectivity index (χ1n) is 9.98. The van der Waals surface area contributed by atoms with Crippen LogP contribution in [0.4, 0.5) is 14.9 Å². The van der Waals surface area contributed by atoms with E-state index in [4.69, 9.17) is 9.84 Å². The number of halogens is 1. The molecule has 1 saturated heterocycles. The van der Waals surface area contributed by atoms with Gasteiger partial charge < -0.3 is 15.2 Å². The summed E-state index contributed by atoms with van der Waals surface area (Å²) in [6, 6.07) is 7.94. The number of anilines is 1. The van der Waals surface area contributed by atoms with Gasteiger partial charge in [-0.25, -0.2) is 9.18 Å². The lowest BCUT2D eigenvalue weighted by Crippen LogP contribution is -2.33. The Bertz CT molecular complexity index is 1040. The maximum atomic E-state index is 14.8. The second kappa shape index (κ2) is 7.98. The number of carboxylic acids is 1. The Morgan fingerprint density at radius 3 is 2.68 bits per heavy atom. The van der Waals surface area contributed by atoms with Crippen molar-refractivity contribution in [2.75, 3.05) is 18.0 Å². The predicted molar refractivity (Wildman–Crippen MR) is 109 cm³/mol. The lowest BCUT2D eigenvalue weighted by atomic mass is 9.96. The average molecular weight is 427 g/mol. The number of aromatic nitrogens is 1. The Labute approximate surface area is 178 Å². The number of hydrogen-bond acceptors (Lipinski definition) is 5. The lowest BCUT2D eigenvalue weighted by molar-refractivity contribution is -0.137. The Kier molecular flexibility index (Phi) is 5.34. The first-order valence-corrected chi connectivity index (χ1v) is 9.98. The molecule has 0 bridgehead atoms. The zero-order chi connectivity index (χ0) is 22.2. The van der Waals surface area contributed by atoms with Crippen LogP contribution >= 0.6 is 0 Å². The number of rotatable bonds is 7. The molecule has 1 aromatic carbocycles. The Morgan fingerprint density at radius 2 is 2.10 bits per heavy atom. The standard InChI is InChI=1S/C22H22FN3O5/c1-13(27)24-11-16-12-26(21(30)31-16)15-3-4-17(18(23)8-15)14-2-5-19(25-10-14)22(6-7-22)9-20(28)29/h2-5,8,10,16H,6-7,9,11-12H2,1H3,(H,24,27)(H,28,29)/t16-/m0/s1. The van der Waals surface area contributed by atoms with Crippen molar-refractivity contribution in [3.8, 4) is 11.1 Å². The van der Waals surface area contributed by atoms with Gasteiger partial charge in [-0.1, -0.05) is 6.07 Å². The minimum atomic E-state index is -0.857. The normalized spacial score (nSPS) is 19.1. The molecule has 9 heteroatoms. The highest BCUT2D eigenvalue weighted by molar-refractivity contribution is 5.90. The second-order valence-electron chi connectivity index (χ2n) is 8.00. The lowest BCUT2D eigenvalue weighted by Gasteiger charge is -2.15. The SMILES string of the molecule is CC(=O)NC[C@H]1CN(c2ccc(-c3ccc(C4(CC(=O)O)CC4)nc3)c(F)c2)C(=O)O1. The topological polar surface area (TPSA) is 109 Å². The third-order valence-corrected chi connectivity index (χ3v) is 5.68. The van der Waals surface area contributed by atoms with Crippen molar-refractivity contribution in [1.82, 2.24) is 10.3 Å². The molecule has 2 fully saturated rings. The summed E-state index contributed by atoms with van der Waals surface area (Å²) in [4.78, 5) is 40.0. The average Bonchev–Trinajstić information content (AvgIpc) is 3.39. The third-order valence-electron chi connectivity index (χ3n) is 5.68. The molecule has 2 aromatic rings. The van der Waals surface area contributed by atoms with E-state index in [1.165, 1.54) is 17.9 Å². The summed E-state index contributed by atoms with van der Waals surface area (Å²) in [7, 11) is 0. The summed E-state index contributed by atoms with van der Waals surface area (Å²) >= 11 is 0. The predicted octanol–water partition coefficient (Wildman–Crippen LogP) is 2.86. The molecule has 2 heterocycles. The number of cyclic esters (lactones) is 1. The number of nitrogens with zero attached hydrogens (tertiary/aromatic N) is 2. The molecule has 0 radical (unpaired) electrons. The molecule has 2 aliphatic rings. The van der Waals surface area contributed by atoms with Gasteiger partial charge in [-0.15, -0.1) is 0 Å². The molecule has 8 nitrogen and oxygen atoms in total. The summed E-state index contributed by atoms with van der Waals surface area (Å²) in [5.41, 5.74) is 1.55. The molecule has 0 unspecified atom stereocenters. The van der Waals surface area contributed by atoms with Crippen LogP contribution in [0.25, 0.3) is 11.1 Å². The van der Waals surface area contributed by atoms with Gasteiger partial charge in [0.15, 0.2) is 0 Å². The smallest absolute Gasteiger partial charge is 0.414 e. The summed E-state index contributed by atoms with van der Waals surface area (Å²) in [6.45, 7) is 1.78. The van der Waals surface area contributed by atoms with Crippen LogP contribution in [0.5, 0.6) is 0 Å². The number of carboxylic acid groups (broad SMARTS) is 1. The molecule has 162 valence electrons. The number of benzene rings is 1. The molecule has 1 saturated carbocycles. The maximum absolute atomic E-state index is 14.8. The fraction of sp³-hybridized carbons (Fsp3) is 0.364. The number of hydrogen-bond donors (Lipinski definition) is 2. The molecule has 4 rings (SSSR count). The summed E-state index contributed by atoms with van der Waals surface area (Å²) in [5, 5.41) is 11.7. The van der Waals surface area contributed by atoms with Crippen molar-refractivity contribution >= 4 is 23.7 Å². The Hall–Kier alpha value is -3.49. The first kappa shape index (κ1) is 20.8. The molecular weight excluding hydrogens is 405 g/mol. The molecule has 1 atom stereocenters. The van der Waals surface area contributed by atoms with Gasteiger partial charge >= 0.3 is 12.1 Å². The van der Waals surface area contributed by atoms with E-state index in [-0.39, 0.29) is 25.4 Å². The number of carbonyl (C=O) groups excluding carboxylic acids is 2. The molecular formula is C22H22FN3O5. The van der Waals surface area contributed by atoms with Gasteiger partial charge in [0.1, 0.15) is 11.9 Å². The zero-order valence-electron chi connectivity index (χ0n) is 16.9. The van der Waals surface area contributed by atoms with Gasteiger partial charge in [0.25, 0.3) is 0 Å². The minimum Gasteiger partial charge on any atom is -0.481 e. The summed E-state index contributed by atoms with van der Waals surface area (Å²) in [5.74, 6) is -1.60. The van der Waals surface area contributed by atoms with Gasteiger partial charge in [0.2, 0.25) is 5.91 Å². The van der Waals surface area contributed by atoms with Crippen LogP contribution in [-0.4, -0.2) is 47.3 Å².